The molecule has 0 radical (unpaired) electrons. The van der Waals surface area contributed by atoms with Crippen molar-refractivity contribution in [3.8, 4) is 0 Å². The van der Waals surface area contributed by atoms with E-state index in [4.69, 9.17) is 0 Å². The zero-order valence-electron chi connectivity index (χ0n) is 12.6. The topological polar surface area (TPSA) is 74.3 Å². The molecule has 0 bridgehead atoms. The average Bonchev–Trinajstić information content (AvgIpc) is 2.84. The Morgan fingerprint density at radius 1 is 1.48 bits per heavy atom. The van der Waals surface area contributed by atoms with Gasteiger partial charge in [0.15, 0.2) is 5.13 Å². The predicted octanol–water partition coefficient (Wildman–Crippen LogP) is 1.96. The average molecular weight is 332 g/mol. The summed E-state index contributed by atoms with van der Waals surface area (Å²) in [7, 11) is -3.52. The summed E-state index contributed by atoms with van der Waals surface area (Å²) in [6.07, 6.45) is 3.97. The Labute approximate surface area is 131 Å². The van der Waals surface area contributed by atoms with Crippen LogP contribution >= 0.6 is 11.3 Å². The van der Waals surface area contributed by atoms with E-state index in [9.17, 15) is 8.42 Å². The highest BCUT2D eigenvalue weighted by atomic mass is 32.2. The van der Waals surface area contributed by atoms with Gasteiger partial charge in [0.05, 0.1) is 5.69 Å². The lowest BCUT2D eigenvalue weighted by molar-refractivity contribution is 0.247. The number of anilines is 1. The second-order valence-corrected chi connectivity index (χ2v) is 7.85. The molecule has 1 fully saturated rings. The minimum absolute atomic E-state index is 0.0314. The molecule has 8 heteroatoms. The van der Waals surface area contributed by atoms with Crippen LogP contribution in [0.4, 0.5) is 5.13 Å². The Hall–Kier alpha value is -0.700. The molecule has 0 aliphatic carbocycles. The largest absolute Gasteiger partial charge is 0.315 e. The molecule has 0 amide bonds. The summed E-state index contributed by atoms with van der Waals surface area (Å²) in [5, 5.41) is 5.61. The van der Waals surface area contributed by atoms with Gasteiger partial charge in [-0.2, -0.15) is 12.7 Å². The molecule has 6 nitrogen and oxygen atoms in total. The van der Waals surface area contributed by atoms with E-state index >= 15 is 0 Å². The lowest BCUT2D eigenvalue weighted by Crippen LogP contribution is -2.50. The molecule has 1 aromatic heterocycles. The van der Waals surface area contributed by atoms with Gasteiger partial charge in [0.1, 0.15) is 0 Å². The summed E-state index contributed by atoms with van der Waals surface area (Å²) < 4.78 is 29.3. The summed E-state index contributed by atoms with van der Waals surface area (Å²) in [6.45, 7) is 6.18. The molecule has 0 saturated carbocycles. The molecular weight excluding hydrogens is 308 g/mol. The summed E-state index contributed by atoms with van der Waals surface area (Å²) in [5.41, 5.74) is 0.831. The first kappa shape index (κ1) is 16.7. The number of hydrogen-bond donors (Lipinski definition) is 2. The molecule has 1 aliphatic heterocycles. The second kappa shape index (κ2) is 7.53. The zero-order valence-corrected chi connectivity index (χ0v) is 14.3. The van der Waals surface area contributed by atoms with Crippen molar-refractivity contribution in [3.63, 3.8) is 0 Å². The number of aromatic nitrogens is 1. The van der Waals surface area contributed by atoms with Gasteiger partial charge in [-0.15, -0.1) is 11.3 Å². The third-order valence-corrected chi connectivity index (χ3v) is 6.08. The summed E-state index contributed by atoms with van der Waals surface area (Å²) in [6, 6.07) is 0.0314. The molecule has 2 N–H and O–H groups in total. The molecule has 1 aliphatic rings. The van der Waals surface area contributed by atoms with Crippen molar-refractivity contribution in [2.24, 2.45) is 0 Å². The molecule has 1 atom stereocenters. The van der Waals surface area contributed by atoms with Gasteiger partial charge in [-0.25, -0.2) is 9.71 Å². The van der Waals surface area contributed by atoms with Gasteiger partial charge in [-0.1, -0.05) is 13.3 Å². The number of thiazole rings is 1. The SMILES string of the molecule is CCCNCC1CCCCN1S(=O)(=O)Nc1nc(C)cs1. The van der Waals surface area contributed by atoms with Crippen molar-refractivity contribution in [3.05, 3.63) is 11.1 Å². The van der Waals surface area contributed by atoms with E-state index in [1.54, 1.807) is 4.31 Å². The lowest BCUT2D eigenvalue weighted by atomic mass is 10.1. The molecular formula is C13H24N4O2S2. The molecule has 1 unspecified atom stereocenters. The van der Waals surface area contributed by atoms with Gasteiger partial charge >= 0.3 is 10.2 Å². The predicted molar refractivity (Wildman–Crippen MR) is 86.9 cm³/mol. The quantitative estimate of drug-likeness (QED) is 0.749. The van der Waals surface area contributed by atoms with Crippen LogP contribution in [0.1, 0.15) is 38.3 Å². The van der Waals surface area contributed by atoms with Crippen molar-refractivity contribution in [2.75, 3.05) is 24.4 Å². The first-order chi connectivity index (χ1) is 10.0. The highest BCUT2D eigenvalue weighted by Gasteiger charge is 2.32. The summed E-state index contributed by atoms with van der Waals surface area (Å²) >= 11 is 1.32. The van der Waals surface area contributed by atoms with E-state index in [-0.39, 0.29) is 6.04 Å². The number of nitrogens with one attached hydrogen (secondary N) is 2. The van der Waals surface area contributed by atoms with Crippen molar-refractivity contribution < 1.29 is 8.42 Å². The number of piperidine rings is 1. The maximum atomic E-state index is 12.6. The normalized spacial score (nSPS) is 20.6. The van der Waals surface area contributed by atoms with Gasteiger partial charge in [0.25, 0.3) is 0 Å². The third-order valence-electron chi connectivity index (χ3n) is 3.52. The maximum absolute atomic E-state index is 12.6. The van der Waals surface area contributed by atoms with Crippen LogP contribution in [0.25, 0.3) is 0 Å². The van der Waals surface area contributed by atoms with Crippen molar-refractivity contribution in [1.29, 1.82) is 0 Å². The van der Waals surface area contributed by atoms with Crippen LogP contribution in [-0.4, -0.2) is 43.4 Å². The molecule has 1 saturated heterocycles. The van der Waals surface area contributed by atoms with Gasteiger partial charge in [0.2, 0.25) is 0 Å². The van der Waals surface area contributed by atoms with E-state index in [2.05, 4.69) is 21.9 Å². The fraction of sp³-hybridized carbons (Fsp3) is 0.769. The fourth-order valence-electron chi connectivity index (χ4n) is 2.51. The van der Waals surface area contributed by atoms with Gasteiger partial charge in [0, 0.05) is 24.5 Å². The monoisotopic (exact) mass is 332 g/mol. The summed E-state index contributed by atoms with van der Waals surface area (Å²) in [5.74, 6) is 0. The van der Waals surface area contributed by atoms with Crippen molar-refractivity contribution in [2.45, 2.75) is 45.6 Å². The lowest BCUT2D eigenvalue weighted by Gasteiger charge is -2.34. The van der Waals surface area contributed by atoms with Crippen molar-refractivity contribution >= 4 is 26.7 Å². The van der Waals surface area contributed by atoms with Gasteiger partial charge in [-0.05, 0) is 32.7 Å². The Morgan fingerprint density at radius 2 is 2.29 bits per heavy atom. The summed E-state index contributed by atoms with van der Waals surface area (Å²) in [4.78, 5) is 4.18. The second-order valence-electron chi connectivity index (χ2n) is 5.37. The van der Waals surface area contributed by atoms with E-state index in [0.717, 1.165) is 37.9 Å². The highest BCUT2D eigenvalue weighted by molar-refractivity contribution is 7.90. The van der Waals surface area contributed by atoms with Crippen molar-refractivity contribution in [1.82, 2.24) is 14.6 Å². The van der Waals surface area contributed by atoms with Crippen LogP contribution in [0.3, 0.4) is 0 Å². The standard InChI is InChI=1S/C13H24N4O2S2/c1-3-7-14-9-12-6-4-5-8-17(12)21(18,19)16-13-15-11(2)10-20-13/h10,12,14H,3-9H2,1-2H3,(H,15,16). The number of hydrogen-bond acceptors (Lipinski definition) is 5. The molecule has 21 heavy (non-hydrogen) atoms. The Kier molecular flexibility index (Phi) is 5.98. The van der Waals surface area contributed by atoms with E-state index < -0.39 is 10.2 Å². The molecule has 120 valence electrons. The van der Waals surface area contributed by atoms with Crippen LogP contribution < -0.4 is 10.0 Å². The van der Waals surface area contributed by atoms with E-state index in [1.165, 1.54) is 11.3 Å². The van der Waals surface area contributed by atoms with Crippen LogP contribution in [0.2, 0.25) is 0 Å². The molecule has 2 rings (SSSR count). The first-order valence-corrected chi connectivity index (χ1v) is 9.77. The number of rotatable bonds is 7. The highest BCUT2D eigenvalue weighted by Crippen LogP contribution is 2.23. The van der Waals surface area contributed by atoms with Gasteiger partial charge < -0.3 is 5.32 Å². The third kappa shape index (κ3) is 4.64. The maximum Gasteiger partial charge on any atom is 0.303 e. The molecule has 0 spiro atoms. The van der Waals surface area contributed by atoms with Crippen LogP contribution in [0.5, 0.6) is 0 Å². The Bertz CT molecular complexity index is 544. The Morgan fingerprint density at radius 3 is 2.95 bits per heavy atom. The smallest absolute Gasteiger partial charge is 0.303 e. The van der Waals surface area contributed by atoms with Crippen LogP contribution in [0.15, 0.2) is 5.38 Å². The first-order valence-electron chi connectivity index (χ1n) is 7.45. The number of nitrogens with zero attached hydrogens (tertiary/aromatic N) is 2. The van der Waals surface area contributed by atoms with Crippen LogP contribution in [0, 0.1) is 6.92 Å². The van der Waals surface area contributed by atoms with E-state index in [0.29, 0.717) is 18.2 Å². The van der Waals surface area contributed by atoms with Crippen LogP contribution in [-0.2, 0) is 10.2 Å². The fourth-order valence-corrected chi connectivity index (χ4v) is 4.88. The molecule has 0 aromatic carbocycles. The minimum Gasteiger partial charge on any atom is -0.315 e. The molecule has 1 aromatic rings. The zero-order chi connectivity index (χ0) is 15.3. The van der Waals surface area contributed by atoms with Gasteiger partial charge in [-0.3, -0.25) is 0 Å². The Balaban J connectivity index is 2.04. The minimum atomic E-state index is -3.52. The molecule has 2 heterocycles. The number of aryl methyl sites for hydroxylation is 1. The van der Waals surface area contributed by atoms with E-state index in [1.807, 2.05) is 12.3 Å².